The van der Waals surface area contributed by atoms with Crippen LogP contribution in [0.15, 0.2) is 47.2 Å². The van der Waals surface area contributed by atoms with Crippen LogP contribution in [-0.4, -0.2) is 11.5 Å². The van der Waals surface area contributed by atoms with Crippen molar-refractivity contribution in [1.82, 2.24) is 10.3 Å². The summed E-state index contributed by atoms with van der Waals surface area (Å²) in [5.41, 5.74) is 2.39. The Labute approximate surface area is 133 Å². The average molecular weight is 354 g/mol. The molecule has 1 N–H and O–H groups in total. The predicted molar refractivity (Wildman–Crippen MR) is 88.1 cm³/mol. The second-order valence-corrected chi connectivity index (χ2v) is 6.06. The summed E-state index contributed by atoms with van der Waals surface area (Å²) in [5.74, 6) is 0. The number of aromatic nitrogens is 1. The first-order chi connectivity index (χ1) is 9.70. The van der Waals surface area contributed by atoms with Gasteiger partial charge >= 0.3 is 0 Å². The number of hydrogen-bond donors (Lipinski definition) is 1. The molecular formula is C16H18BrClN2. The van der Waals surface area contributed by atoms with Crippen LogP contribution in [0.5, 0.6) is 0 Å². The minimum atomic E-state index is 0.208. The molecule has 1 unspecified atom stereocenters. The number of hydrogen-bond acceptors (Lipinski definition) is 2. The predicted octanol–water partition coefficient (Wildman–Crippen LogP) is 4.78. The molecule has 1 aromatic carbocycles. The van der Waals surface area contributed by atoms with E-state index in [2.05, 4.69) is 51.4 Å². The van der Waals surface area contributed by atoms with E-state index < -0.39 is 0 Å². The molecule has 4 heteroatoms. The lowest BCUT2D eigenvalue weighted by atomic mass is 9.99. The first kappa shape index (κ1) is 15.5. The summed E-state index contributed by atoms with van der Waals surface area (Å²) in [5, 5.41) is 4.29. The van der Waals surface area contributed by atoms with Crippen LogP contribution in [0.1, 0.15) is 30.5 Å². The van der Waals surface area contributed by atoms with Crippen molar-refractivity contribution in [2.24, 2.45) is 0 Å². The number of rotatable bonds is 6. The highest BCUT2D eigenvalue weighted by atomic mass is 79.9. The molecule has 2 rings (SSSR count). The van der Waals surface area contributed by atoms with E-state index in [0.29, 0.717) is 0 Å². The lowest BCUT2D eigenvalue weighted by molar-refractivity contribution is 0.529. The van der Waals surface area contributed by atoms with Crippen LogP contribution < -0.4 is 5.32 Å². The fourth-order valence-corrected chi connectivity index (χ4v) is 2.88. The maximum atomic E-state index is 6.28. The van der Waals surface area contributed by atoms with Crippen LogP contribution in [0.3, 0.4) is 0 Å². The highest BCUT2D eigenvalue weighted by Gasteiger charge is 2.14. The molecular weight excluding hydrogens is 336 g/mol. The zero-order valence-corrected chi connectivity index (χ0v) is 13.8. The maximum Gasteiger partial charge on any atom is 0.0637 e. The van der Waals surface area contributed by atoms with Crippen LogP contribution in [0.2, 0.25) is 5.02 Å². The van der Waals surface area contributed by atoms with Gasteiger partial charge in [0.1, 0.15) is 0 Å². The van der Waals surface area contributed by atoms with Crippen molar-refractivity contribution in [3.8, 4) is 0 Å². The lowest BCUT2D eigenvalue weighted by Crippen LogP contribution is -2.24. The second-order valence-electron chi connectivity index (χ2n) is 4.74. The number of pyridine rings is 1. The largest absolute Gasteiger partial charge is 0.310 e. The van der Waals surface area contributed by atoms with Gasteiger partial charge in [-0.05, 0) is 48.7 Å². The van der Waals surface area contributed by atoms with Gasteiger partial charge in [0.05, 0.1) is 5.02 Å². The maximum absolute atomic E-state index is 6.28. The number of nitrogens with zero attached hydrogens (tertiary/aromatic N) is 1. The topological polar surface area (TPSA) is 24.9 Å². The van der Waals surface area contributed by atoms with E-state index in [4.69, 9.17) is 11.6 Å². The van der Waals surface area contributed by atoms with Crippen LogP contribution in [-0.2, 0) is 6.42 Å². The van der Waals surface area contributed by atoms with E-state index in [1.54, 1.807) is 12.4 Å². The monoisotopic (exact) mass is 352 g/mol. The summed E-state index contributed by atoms with van der Waals surface area (Å²) in [7, 11) is 0. The molecule has 0 aliphatic carbocycles. The van der Waals surface area contributed by atoms with Gasteiger partial charge in [0.25, 0.3) is 0 Å². The Morgan fingerprint density at radius 1 is 1.35 bits per heavy atom. The Kier molecular flexibility index (Phi) is 6.02. The third-order valence-electron chi connectivity index (χ3n) is 3.15. The number of benzene rings is 1. The van der Waals surface area contributed by atoms with Gasteiger partial charge in [-0.3, -0.25) is 4.98 Å². The molecule has 0 spiro atoms. The molecule has 0 radical (unpaired) electrons. The molecule has 0 saturated heterocycles. The normalized spacial score (nSPS) is 12.3. The second kappa shape index (κ2) is 7.77. The van der Waals surface area contributed by atoms with Crippen LogP contribution in [0.25, 0.3) is 0 Å². The van der Waals surface area contributed by atoms with Crippen molar-refractivity contribution in [3.63, 3.8) is 0 Å². The Bertz CT molecular complexity index is 560. The number of halogens is 2. The van der Waals surface area contributed by atoms with Crippen LogP contribution >= 0.6 is 27.5 Å². The SMILES string of the molecule is CCCNC(Cc1cccc(Br)c1)c1ccncc1Cl. The zero-order chi connectivity index (χ0) is 14.4. The van der Waals surface area contributed by atoms with E-state index in [1.165, 1.54) is 5.56 Å². The fourth-order valence-electron chi connectivity index (χ4n) is 2.18. The molecule has 0 aliphatic rings. The molecule has 106 valence electrons. The van der Waals surface area contributed by atoms with Gasteiger partial charge in [0.2, 0.25) is 0 Å². The van der Waals surface area contributed by atoms with Gasteiger partial charge in [0, 0.05) is 22.9 Å². The number of nitrogens with one attached hydrogen (secondary N) is 1. The summed E-state index contributed by atoms with van der Waals surface area (Å²) < 4.78 is 1.10. The minimum Gasteiger partial charge on any atom is -0.310 e. The summed E-state index contributed by atoms with van der Waals surface area (Å²) in [6.07, 6.45) is 5.50. The molecule has 0 aliphatic heterocycles. The molecule has 0 fully saturated rings. The van der Waals surface area contributed by atoms with Crippen LogP contribution in [0, 0.1) is 0 Å². The van der Waals surface area contributed by atoms with Crippen molar-refractivity contribution < 1.29 is 0 Å². The quantitative estimate of drug-likeness (QED) is 0.808. The molecule has 0 saturated carbocycles. The van der Waals surface area contributed by atoms with E-state index in [1.807, 2.05) is 12.1 Å². The molecule has 0 bridgehead atoms. The van der Waals surface area contributed by atoms with Crippen molar-refractivity contribution in [3.05, 3.63) is 63.3 Å². The van der Waals surface area contributed by atoms with E-state index >= 15 is 0 Å². The molecule has 1 aromatic heterocycles. The highest BCUT2D eigenvalue weighted by Crippen LogP contribution is 2.25. The fraction of sp³-hybridized carbons (Fsp3) is 0.312. The van der Waals surface area contributed by atoms with Gasteiger partial charge in [-0.25, -0.2) is 0 Å². The van der Waals surface area contributed by atoms with Gasteiger partial charge in [-0.2, -0.15) is 0 Å². The smallest absolute Gasteiger partial charge is 0.0637 e. The Morgan fingerprint density at radius 2 is 2.20 bits per heavy atom. The van der Waals surface area contributed by atoms with Crippen molar-refractivity contribution >= 4 is 27.5 Å². The Morgan fingerprint density at radius 3 is 2.90 bits per heavy atom. The van der Waals surface area contributed by atoms with Gasteiger partial charge in [-0.15, -0.1) is 0 Å². The molecule has 0 amide bonds. The van der Waals surface area contributed by atoms with Crippen LogP contribution in [0.4, 0.5) is 0 Å². The minimum absolute atomic E-state index is 0.208. The highest BCUT2D eigenvalue weighted by molar-refractivity contribution is 9.10. The van der Waals surface area contributed by atoms with Crippen molar-refractivity contribution in [2.45, 2.75) is 25.8 Å². The summed E-state index contributed by atoms with van der Waals surface area (Å²) in [4.78, 5) is 4.06. The van der Waals surface area contributed by atoms with Gasteiger partial charge in [0.15, 0.2) is 0 Å². The van der Waals surface area contributed by atoms with Crippen molar-refractivity contribution in [1.29, 1.82) is 0 Å². The summed E-state index contributed by atoms with van der Waals surface area (Å²) >= 11 is 9.80. The van der Waals surface area contributed by atoms with E-state index in [0.717, 1.165) is 34.4 Å². The third-order valence-corrected chi connectivity index (χ3v) is 3.96. The molecule has 2 nitrogen and oxygen atoms in total. The van der Waals surface area contributed by atoms with Gasteiger partial charge < -0.3 is 5.32 Å². The molecule has 2 aromatic rings. The van der Waals surface area contributed by atoms with E-state index in [-0.39, 0.29) is 6.04 Å². The zero-order valence-electron chi connectivity index (χ0n) is 11.4. The molecule has 20 heavy (non-hydrogen) atoms. The average Bonchev–Trinajstić information content (AvgIpc) is 2.44. The van der Waals surface area contributed by atoms with Gasteiger partial charge in [-0.1, -0.05) is 46.6 Å². The Balaban J connectivity index is 2.22. The summed E-state index contributed by atoms with van der Waals surface area (Å²) in [6.45, 7) is 3.13. The molecule has 1 heterocycles. The third kappa shape index (κ3) is 4.30. The lowest BCUT2D eigenvalue weighted by Gasteiger charge is -2.20. The first-order valence-electron chi connectivity index (χ1n) is 6.78. The van der Waals surface area contributed by atoms with E-state index in [9.17, 15) is 0 Å². The summed E-state index contributed by atoms with van der Waals surface area (Å²) in [6, 6.07) is 10.6. The first-order valence-corrected chi connectivity index (χ1v) is 7.95. The Hall–Kier alpha value is -0.900. The molecule has 1 atom stereocenters. The van der Waals surface area contributed by atoms with Crippen molar-refractivity contribution in [2.75, 3.05) is 6.54 Å². The standard InChI is InChI=1S/C16H18BrClN2/c1-2-7-20-16(14-6-8-19-11-15(14)18)10-12-4-3-5-13(17)9-12/h3-6,8-9,11,16,20H,2,7,10H2,1H3.